The van der Waals surface area contributed by atoms with Gasteiger partial charge in [0, 0.05) is 24.7 Å². The molecule has 20 heavy (non-hydrogen) atoms. The van der Waals surface area contributed by atoms with E-state index in [1.165, 1.54) is 0 Å². The molecule has 0 radical (unpaired) electrons. The molecule has 1 saturated heterocycles. The molecule has 1 unspecified atom stereocenters. The van der Waals surface area contributed by atoms with Gasteiger partial charge in [-0.3, -0.25) is 5.10 Å². The normalized spacial score (nSPS) is 19.9. The molecule has 0 saturated carbocycles. The van der Waals surface area contributed by atoms with E-state index >= 15 is 0 Å². The Bertz CT molecular complexity index is 521. The van der Waals surface area contributed by atoms with E-state index in [9.17, 15) is 8.42 Å². The van der Waals surface area contributed by atoms with E-state index < -0.39 is 10.0 Å². The molecule has 2 rings (SSSR count). The monoisotopic (exact) mass is 318 g/mol. The molecule has 0 aromatic carbocycles. The zero-order chi connectivity index (χ0) is 14.6. The minimum absolute atomic E-state index is 0.177. The Hall–Kier alpha value is -0.570. The number of thioether (sulfide) groups is 1. The molecule has 1 aromatic heterocycles. The summed E-state index contributed by atoms with van der Waals surface area (Å²) in [5, 5.41) is 9.84. The number of rotatable bonds is 7. The second kappa shape index (κ2) is 6.93. The van der Waals surface area contributed by atoms with Crippen LogP contribution in [0.15, 0.2) is 11.2 Å². The number of nitrogens with zero attached hydrogens (tertiary/aromatic N) is 1. The van der Waals surface area contributed by atoms with Crippen LogP contribution in [0.1, 0.15) is 25.8 Å². The van der Waals surface area contributed by atoms with Gasteiger partial charge in [-0.15, -0.1) is 0 Å². The highest BCUT2D eigenvalue weighted by Gasteiger charge is 2.23. The van der Waals surface area contributed by atoms with Crippen molar-refractivity contribution in [1.29, 1.82) is 0 Å². The Morgan fingerprint density at radius 1 is 1.55 bits per heavy atom. The lowest BCUT2D eigenvalue weighted by Crippen LogP contribution is -2.31. The molecule has 0 spiro atoms. The van der Waals surface area contributed by atoms with Crippen molar-refractivity contribution in [2.24, 2.45) is 5.92 Å². The lowest BCUT2D eigenvalue weighted by Gasteiger charge is -2.12. The van der Waals surface area contributed by atoms with Crippen molar-refractivity contribution in [3.8, 4) is 0 Å². The zero-order valence-corrected chi connectivity index (χ0v) is 13.5. The zero-order valence-electron chi connectivity index (χ0n) is 11.8. The molecule has 8 heteroatoms. The molecule has 1 aliphatic heterocycles. The Labute approximate surface area is 124 Å². The smallest absolute Gasteiger partial charge is 0.257 e. The molecule has 3 N–H and O–H groups in total. The summed E-state index contributed by atoms with van der Waals surface area (Å²) in [6.07, 6.45) is 2.65. The minimum atomic E-state index is -3.50. The Balaban J connectivity index is 1.99. The van der Waals surface area contributed by atoms with Gasteiger partial charge < -0.3 is 5.32 Å². The van der Waals surface area contributed by atoms with Crippen LogP contribution in [0.4, 0.5) is 0 Å². The van der Waals surface area contributed by atoms with Crippen LogP contribution in [-0.2, 0) is 16.6 Å². The summed E-state index contributed by atoms with van der Waals surface area (Å²) < 4.78 is 27.3. The molecule has 1 atom stereocenters. The lowest BCUT2D eigenvalue weighted by molar-refractivity contribution is 0.539. The van der Waals surface area contributed by atoms with E-state index in [2.05, 4.69) is 20.2 Å². The Kier molecular flexibility index (Phi) is 5.48. The molecular formula is C12H22N4O2S2. The van der Waals surface area contributed by atoms with Crippen LogP contribution >= 0.6 is 11.8 Å². The van der Waals surface area contributed by atoms with Crippen LogP contribution in [0, 0.1) is 5.92 Å². The summed E-state index contributed by atoms with van der Waals surface area (Å²) in [5.74, 6) is 2.60. The van der Waals surface area contributed by atoms with Crippen LogP contribution in [0.25, 0.3) is 0 Å². The van der Waals surface area contributed by atoms with Crippen molar-refractivity contribution in [3.63, 3.8) is 0 Å². The number of aromatic amines is 1. The largest absolute Gasteiger partial charge is 0.310 e. The average molecular weight is 318 g/mol. The number of H-pyrrole nitrogens is 1. The van der Waals surface area contributed by atoms with Gasteiger partial charge in [0.15, 0.2) is 5.03 Å². The van der Waals surface area contributed by atoms with Gasteiger partial charge >= 0.3 is 0 Å². The maximum Gasteiger partial charge on any atom is 0.257 e. The highest BCUT2D eigenvalue weighted by molar-refractivity contribution is 7.99. The van der Waals surface area contributed by atoms with Crippen LogP contribution in [0.5, 0.6) is 0 Å². The summed E-state index contributed by atoms with van der Waals surface area (Å²) in [5.41, 5.74) is 0.673. The predicted octanol–water partition coefficient (Wildman–Crippen LogP) is 0.939. The van der Waals surface area contributed by atoms with Gasteiger partial charge in [0.25, 0.3) is 10.0 Å². The maximum atomic E-state index is 12.3. The molecule has 1 fully saturated rings. The molecule has 1 aliphatic rings. The van der Waals surface area contributed by atoms with Gasteiger partial charge in [-0.05, 0) is 23.8 Å². The fourth-order valence-electron chi connectivity index (χ4n) is 2.02. The molecule has 0 bridgehead atoms. The SMILES string of the molecule is CC(C)NCc1cn[nH]c1S(=O)(=O)NCC1CCSC1. The molecule has 2 heterocycles. The summed E-state index contributed by atoms with van der Waals surface area (Å²) in [7, 11) is -3.50. The topological polar surface area (TPSA) is 86.9 Å². The highest BCUT2D eigenvalue weighted by Crippen LogP contribution is 2.23. The fourth-order valence-corrected chi connectivity index (χ4v) is 4.54. The number of sulfonamides is 1. The summed E-state index contributed by atoms with van der Waals surface area (Å²) >= 11 is 1.88. The second-order valence-corrected chi connectivity index (χ2v) is 8.20. The van der Waals surface area contributed by atoms with Gasteiger partial charge in [-0.2, -0.15) is 16.9 Å². The van der Waals surface area contributed by atoms with E-state index in [1.54, 1.807) is 6.20 Å². The Morgan fingerprint density at radius 2 is 2.35 bits per heavy atom. The first-order valence-electron chi connectivity index (χ1n) is 6.82. The third-order valence-corrected chi connectivity index (χ3v) is 5.90. The van der Waals surface area contributed by atoms with Crippen molar-refractivity contribution in [2.75, 3.05) is 18.1 Å². The molecule has 0 amide bonds. The average Bonchev–Trinajstić information content (AvgIpc) is 3.05. The molecule has 0 aliphatic carbocycles. The molecule has 6 nitrogen and oxygen atoms in total. The van der Waals surface area contributed by atoms with E-state index in [-0.39, 0.29) is 5.03 Å². The van der Waals surface area contributed by atoms with Gasteiger partial charge in [0.1, 0.15) is 0 Å². The number of hydrogen-bond donors (Lipinski definition) is 3. The first-order valence-corrected chi connectivity index (χ1v) is 9.46. The first kappa shape index (κ1) is 15.8. The maximum absolute atomic E-state index is 12.3. The molecule has 114 valence electrons. The van der Waals surface area contributed by atoms with Crippen LogP contribution in [-0.4, -0.2) is 42.7 Å². The van der Waals surface area contributed by atoms with Crippen LogP contribution in [0.2, 0.25) is 0 Å². The first-order chi connectivity index (χ1) is 9.49. The number of aromatic nitrogens is 2. The number of hydrogen-bond acceptors (Lipinski definition) is 5. The summed E-state index contributed by atoms with van der Waals surface area (Å²) in [6, 6.07) is 0.295. The molecule has 1 aromatic rings. The van der Waals surface area contributed by atoms with Gasteiger partial charge in [-0.25, -0.2) is 13.1 Å². The predicted molar refractivity (Wildman–Crippen MR) is 81.2 cm³/mol. The summed E-state index contributed by atoms with van der Waals surface area (Å²) in [6.45, 7) is 5.03. The fraction of sp³-hybridized carbons (Fsp3) is 0.750. The van der Waals surface area contributed by atoms with E-state index in [4.69, 9.17) is 0 Å². The van der Waals surface area contributed by atoms with E-state index in [0.29, 0.717) is 30.6 Å². The van der Waals surface area contributed by atoms with E-state index in [1.807, 2.05) is 25.6 Å². The van der Waals surface area contributed by atoms with Gasteiger partial charge in [0.05, 0.1) is 6.20 Å². The van der Waals surface area contributed by atoms with E-state index in [0.717, 1.165) is 17.9 Å². The Morgan fingerprint density at radius 3 is 3.00 bits per heavy atom. The number of nitrogens with one attached hydrogen (secondary N) is 3. The lowest BCUT2D eigenvalue weighted by atomic mass is 10.1. The standard InChI is InChI=1S/C12H22N4O2S2/c1-9(2)13-6-11-7-14-16-12(11)20(17,18)15-5-10-3-4-19-8-10/h7,9-10,13,15H,3-6,8H2,1-2H3,(H,14,16). The van der Waals surface area contributed by atoms with Crippen molar-refractivity contribution >= 4 is 21.8 Å². The van der Waals surface area contributed by atoms with Crippen molar-refractivity contribution < 1.29 is 8.42 Å². The van der Waals surface area contributed by atoms with Crippen molar-refractivity contribution in [3.05, 3.63) is 11.8 Å². The van der Waals surface area contributed by atoms with Gasteiger partial charge in [-0.1, -0.05) is 13.8 Å². The minimum Gasteiger partial charge on any atom is -0.310 e. The summed E-state index contributed by atoms with van der Waals surface area (Å²) in [4.78, 5) is 0. The van der Waals surface area contributed by atoms with Gasteiger partial charge in [0.2, 0.25) is 0 Å². The third-order valence-electron chi connectivity index (χ3n) is 3.23. The second-order valence-electron chi connectivity index (χ2n) is 5.34. The third kappa shape index (κ3) is 4.21. The quantitative estimate of drug-likeness (QED) is 0.696. The van der Waals surface area contributed by atoms with Crippen molar-refractivity contribution in [2.45, 2.75) is 37.9 Å². The van der Waals surface area contributed by atoms with Crippen LogP contribution < -0.4 is 10.0 Å². The molecular weight excluding hydrogens is 296 g/mol. The van der Waals surface area contributed by atoms with Crippen molar-refractivity contribution in [1.82, 2.24) is 20.2 Å². The highest BCUT2D eigenvalue weighted by atomic mass is 32.2. The van der Waals surface area contributed by atoms with Crippen LogP contribution in [0.3, 0.4) is 0 Å².